The monoisotopic (exact) mass is 413 g/mol. The Labute approximate surface area is 181 Å². The van der Waals surface area contributed by atoms with Crippen LogP contribution >= 0.6 is 0 Å². The highest BCUT2D eigenvalue weighted by Crippen LogP contribution is 2.37. The molecule has 0 spiro atoms. The van der Waals surface area contributed by atoms with Crippen molar-refractivity contribution in [3.8, 4) is 11.5 Å². The maximum atomic E-state index is 4.77. The van der Waals surface area contributed by atoms with Crippen molar-refractivity contribution in [1.29, 1.82) is 0 Å². The number of nitrogens with zero attached hydrogens (tertiary/aromatic N) is 6. The Morgan fingerprint density at radius 3 is 2.81 bits per heavy atom. The van der Waals surface area contributed by atoms with Gasteiger partial charge < -0.3 is 4.57 Å². The number of benzene rings is 1. The average molecular weight is 414 g/mol. The molecule has 0 radical (unpaired) electrons. The Hall–Kier alpha value is -3.06. The highest BCUT2D eigenvalue weighted by molar-refractivity contribution is 5.84. The Balaban J connectivity index is 1.28. The molecule has 1 atom stereocenters. The van der Waals surface area contributed by atoms with Gasteiger partial charge in [-0.15, -0.1) is 0 Å². The van der Waals surface area contributed by atoms with E-state index in [-0.39, 0.29) is 6.04 Å². The van der Waals surface area contributed by atoms with E-state index in [1.54, 1.807) is 18.6 Å². The molecule has 1 saturated carbocycles. The Morgan fingerprint density at radius 1 is 1.03 bits per heavy atom. The molecule has 1 unspecified atom stereocenters. The van der Waals surface area contributed by atoms with Crippen molar-refractivity contribution < 1.29 is 0 Å². The van der Waals surface area contributed by atoms with Gasteiger partial charge in [0.25, 0.3) is 0 Å². The van der Waals surface area contributed by atoms with Crippen molar-refractivity contribution in [3.63, 3.8) is 0 Å². The summed E-state index contributed by atoms with van der Waals surface area (Å²) in [5.41, 5.74) is 3.50. The third-order valence-electron chi connectivity index (χ3n) is 6.89. The van der Waals surface area contributed by atoms with E-state index in [1.807, 2.05) is 0 Å². The van der Waals surface area contributed by atoms with Gasteiger partial charge in [-0.25, -0.2) is 9.97 Å². The Morgan fingerprint density at radius 2 is 1.94 bits per heavy atom. The lowest BCUT2D eigenvalue weighted by Gasteiger charge is -2.22. The number of fused-ring (bicyclic) bond motifs is 1. The maximum Gasteiger partial charge on any atom is 0.201 e. The number of para-hydroxylation sites is 1. The van der Waals surface area contributed by atoms with E-state index >= 15 is 0 Å². The van der Waals surface area contributed by atoms with Gasteiger partial charge in [0, 0.05) is 42.1 Å². The molecule has 3 aromatic heterocycles. The van der Waals surface area contributed by atoms with Crippen molar-refractivity contribution in [2.45, 2.75) is 57.2 Å². The number of rotatable bonds is 5. The van der Waals surface area contributed by atoms with Gasteiger partial charge >= 0.3 is 0 Å². The van der Waals surface area contributed by atoms with Crippen molar-refractivity contribution in [3.05, 3.63) is 60.4 Å². The van der Waals surface area contributed by atoms with Crippen molar-refractivity contribution in [2.24, 2.45) is 0 Å². The molecule has 2 aliphatic rings. The first kappa shape index (κ1) is 18.7. The van der Waals surface area contributed by atoms with E-state index in [1.165, 1.54) is 48.6 Å². The smallest absolute Gasteiger partial charge is 0.201 e. The summed E-state index contributed by atoms with van der Waals surface area (Å²) in [4.78, 5) is 15.8. The number of hydrogen-bond acceptors (Lipinski definition) is 5. The Bertz CT molecular complexity index is 1170. The first-order valence-electron chi connectivity index (χ1n) is 11.4. The second kappa shape index (κ2) is 7.89. The SMILES string of the molecule is c1ccc2c(c1)c(CN1CCCC1c1nc(-c3cnccn3)n[nH]1)cn2C1CCCC1. The molecule has 7 nitrogen and oxygen atoms in total. The van der Waals surface area contributed by atoms with Gasteiger partial charge in [-0.2, -0.15) is 5.10 Å². The van der Waals surface area contributed by atoms with Gasteiger partial charge in [0.1, 0.15) is 11.5 Å². The lowest BCUT2D eigenvalue weighted by atomic mass is 10.1. The molecule has 31 heavy (non-hydrogen) atoms. The molecule has 2 fully saturated rings. The predicted octanol–water partition coefficient (Wildman–Crippen LogP) is 4.67. The molecule has 0 amide bonds. The molecule has 6 rings (SSSR count). The normalized spacial score (nSPS) is 20.2. The van der Waals surface area contributed by atoms with Crippen molar-refractivity contribution in [1.82, 2.24) is 34.6 Å². The molecular formula is C24H27N7. The van der Waals surface area contributed by atoms with Gasteiger partial charge in [-0.1, -0.05) is 31.0 Å². The van der Waals surface area contributed by atoms with Crippen LogP contribution in [0.2, 0.25) is 0 Å². The molecule has 0 bridgehead atoms. The number of nitrogens with one attached hydrogen (secondary N) is 1. The van der Waals surface area contributed by atoms with E-state index in [9.17, 15) is 0 Å². The minimum absolute atomic E-state index is 0.256. The summed E-state index contributed by atoms with van der Waals surface area (Å²) < 4.78 is 2.55. The zero-order valence-corrected chi connectivity index (χ0v) is 17.6. The van der Waals surface area contributed by atoms with E-state index in [4.69, 9.17) is 4.98 Å². The van der Waals surface area contributed by atoms with Crippen LogP contribution in [0.1, 0.15) is 62.0 Å². The van der Waals surface area contributed by atoms with E-state index in [0.29, 0.717) is 17.6 Å². The zero-order valence-electron chi connectivity index (χ0n) is 17.6. The first-order chi connectivity index (χ1) is 15.4. The van der Waals surface area contributed by atoms with Crippen molar-refractivity contribution >= 4 is 10.9 Å². The summed E-state index contributed by atoms with van der Waals surface area (Å²) in [6.07, 6.45) is 15.0. The van der Waals surface area contributed by atoms with Crippen LogP contribution < -0.4 is 0 Å². The lowest BCUT2D eigenvalue weighted by Crippen LogP contribution is -2.23. The van der Waals surface area contributed by atoms with Crippen molar-refractivity contribution in [2.75, 3.05) is 6.54 Å². The molecule has 4 aromatic rings. The minimum atomic E-state index is 0.256. The molecule has 1 N–H and O–H groups in total. The van der Waals surface area contributed by atoms with Crippen LogP contribution in [-0.4, -0.2) is 41.2 Å². The van der Waals surface area contributed by atoms with Gasteiger partial charge in [0.15, 0.2) is 0 Å². The van der Waals surface area contributed by atoms with Crippen LogP contribution in [0.5, 0.6) is 0 Å². The number of hydrogen-bond donors (Lipinski definition) is 1. The summed E-state index contributed by atoms with van der Waals surface area (Å²) in [5, 5.41) is 8.97. The molecule has 4 heterocycles. The van der Waals surface area contributed by atoms with Crippen LogP contribution in [-0.2, 0) is 6.54 Å². The van der Waals surface area contributed by atoms with Gasteiger partial charge in [0.05, 0.1) is 12.2 Å². The molecule has 1 aliphatic heterocycles. The molecule has 1 aromatic carbocycles. The second-order valence-electron chi connectivity index (χ2n) is 8.78. The van der Waals surface area contributed by atoms with Gasteiger partial charge in [-0.3, -0.25) is 15.0 Å². The number of aromatic nitrogens is 6. The molecule has 158 valence electrons. The maximum absolute atomic E-state index is 4.77. The van der Waals surface area contributed by atoms with Crippen LogP contribution in [0.15, 0.2) is 49.1 Å². The molecule has 1 saturated heterocycles. The van der Waals surface area contributed by atoms with E-state index < -0.39 is 0 Å². The quantitative estimate of drug-likeness (QED) is 0.515. The molecular weight excluding hydrogens is 386 g/mol. The fourth-order valence-corrected chi connectivity index (χ4v) is 5.38. The first-order valence-corrected chi connectivity index (χ1v) is 11.4. The molecule has 1 aliphatic carbocycles. The summed E-state index contributed by atoms with van der Waals surface area (Å²) >= 11 is 0. The highest BCUT2D eigenvalue weighted by atomic mass is 15.3. The Kier molecular flexibility index (Phi) is 4.76. The van der Waals surface area contributed by atoms with E-state index in [0.717, 1.165) is 25.3 Å². The van der Waals surface area contributed by atoms with Gasteiger partial charge in [0.2, 0.25) is 5.82 Å². The fraction of sp³-hybridized carbons (Fsp3) is 0.417. The molecule has 7 heteroatoms. The zero-order chi connectivity index (χ0) is 20.6. The minimum Gasteiger partial charge on any atom is -0.344 e. The van der Waals surface area contributed by atoms with E-state index in [2.05, 4.69) is 60.1 Å². The summed E-state index contributed by atoms with van der Waals surface area (Å²) in [6, 6.07) is 9.79. The van der Waals surface area contributed by atoms with Gasteiger partial charge in [-0.05, 0) is 43.9 Å². The average Bonchev–Trinajstić information content (AvgIpc) is 3.61. The predicted molar refractivity (Wildman–Crippen MR) is 119 cm³/mol. The van der Waals surface area contributed by atoms with Crippen LogP contribution in [0, 0.1) is 0 Å². The van der Waals surface area contributed by atoms with Crippen LogP contribution in [0.3, 0.4) is 0 Å². The topological polar surface area (TPSA) is 75.5 Å². The second-order valence-corrected chi connectivity index (χ2v) is 8.78. The third-order valence-corrected chi connectivity index (χ3v) is 6.89. The number of H-pyrrole nitrogens is 1. The fourth-order valence-electron chi connectivity index (χ4n) is 5.38. The summed E-state index contributed by atoms with van der Waals surface area (Å²) in [6.45, 7) is 2.01. The summed E-state index contributed by atoms with van der Waals surface area (Å²) in [5.74, 6) is 1.55. The largest absolute Gasteiger partial charge is 0.344 e. The van der Waals surface area contributed by atoms with Crippen LogP contribution in [0.4, 0.5) is 0 Å². The third kappa shape index (κ3) is 3.43. The van der Waals surface area contributed by atoms with Crippen LogP contribution in [0.25, 0.3) is 22.4 Å². The number of aromatic amines is 1. The summed E-state index contributed by atoms with van der Waals surface area (Å²) in [7, 11) is 0. The number of likely N-dealkylation sites (tertiary alicyclic amines) is 1. The lowest BCUT2D eigenvalue weighted by molar-refractivity contribution is 0.241. The highest BCUT2D eigenvalue weighted by Gasteiger charge is 2.30. The standard InChI is InChI=1S/C24H27N7/c1-2-7-18(6-1)31-16-17(19-8-3-4-9-21(19)31)15-30-13-5-10-22(30)24-27-23(28-29-24)20-14-25-11-12-26-20/h3-4,8-9,11-12,14,16,18,22H,1-2,5-7,10,13,15H2,(H,27,28,29).